The third-order valence-electron chi connectivity index (χ3n) is 3.32. The van der Waals surface area contributed by atoms with Gasteiger partial charge in [0.05, 0.1) is 12.4 Å². The van der Waals surface area contributed by atoms with Crippen molar-refractivity contribution in [3.8, 4) is 0 Å². The Kier molecular flexibility index (Phi) is 5.95. The second-order valence-corrected chi connectivity index (χ2v) is 7.98. The van der Waals surface area contributed by atoms with Gasteiger partial charge < -0.3 is 4.74 Å². The van der Waals surface area contributed by atoms with Crippen molar-refractivity contribution in [1.29, 1.82) is 0 Å². The first-order valence-electron chi connectivity index (χ1n) is 6.19. The molecule has 0 bridgehead atoms. The van der Waals surface area contributed by atoms with E-state index in [0.717, 1.165) is 25.7 Å². The highest BCUT2D eigenvalue weighted by atomic mass is 35.7. The molecule has 3 nitrogen and oxygen atoms in total. The molecule has 0 aromatic heterocycles. The van der Waals surface area contributed by atoms with Crippen molar-refractivity contribution in [3.05, 3.63) is 0 Å². The molecule has 0 aromatic carbocycles. The molecule has 0 amide bonds. The largest absolute Gasteiger partial charge is 0.411 e. The Bertz CT molecular complexity index is 373. The molecule has 0 unspecified atom stereocenters. The highest BCUT2D eigenvalue weighted by molar-refractivity contribution is 8.13. The molecular formula is C11H18ClF3O3S. The average Bonchev–Trinajstić information content (AvgIpc) is 2.39. The molecule has 0 aliphatic heterocycles. The van der Waals surface area contributed by atoms with Crippen molar-refractivity contribution in [3.63, 3.8) is 0 Å². The van der Waals surface area contributed by atoms with Crippen molar-refractivity contribution in [2.75, 3.05) is 19.0 Å². The third kappa shape index (κ3) is 7.37. The quantitative estimate of drug-likeness (QED) is 0.575. The van der Waals surface area contributed by atoms with Crippen LogP contribution in [0.3, 0.4) is 0 Å². The second-order valence-electron chi connectivity index (χ2n) is 5.21. The van der Waals surface area contributed by atoms with Crippen LogP contribution in [0.2, 0.25) is 0 Å². The van der Waals surface area contributed by atoms with Gasteiger partial charge in [-0.05, 0) is 12.8 Å². The van der Waals surface area contributed by atoms with Crippen molar-refractivity contribution < 1.29 is 26.3 Å². The van der Waals surface area contributed by atoms with Crippen molar-refractivity contribution in [1.82, 2.24) is 0 Å². The summed E-state index contributed by atoms with van der Waals surface area (Å²) in [6.45, 7) is -1.56. The standard InChI is InChI=1S/C11H18ClF3O3S/c12-19(16,17)9-10(5-3-1-2-4-6-10)7-18-8-11(13,14)15/h1-9H2. The smallest absolute Gasteiger partial charge is 0.371 e. The fraction of sp³-hybridized carbons (Fsp3) is 1.00. The number of halogens is 4. The van der Waals surface area contributed by atoms with E-state index in [0.29, 0.717) is 12.8 Å². The lowest BCUT2D eigenvalue weighted by atomic mass is 9.83. The van der Waals surface area contributed by atoms with Crippen LogP contribution < -0.4 is 0 Å². The zero-order valence-electron chi connectivity index (χ0n) is 10.5. The second kappa shape index (κ2) is 6.63. The third-order valence-corrected chi connectivity index (χ3v) is 4.60. The van der Waals surface area contributed by atoms with Crippen LogP contribution in [0.1, 0.15) is 38.5 Å². The summed E-state index contributed by atoms with van der Waals surface area (Å²) in [4.78, 5) is 0. The molecule has 1 saturated carbocycles. The summed E-state index contributed by atoms with van der Waals surface area (Å²) in [6, 6.07) is 0. The molecule has 1 fully saturated rings. The summed E-state index contributed by atoms with van der Waals surface area (Å²) in [7, 11) is 1.52. The summed E-state index contributed by atoms with van der Waals surface area (Å²) < 4.78 is 63.5. The van der Waals surface area contributed by atoms with E-state index in [1.807, 2.05) is 0 Å². The van der Waals surface area contributed by atoms with Crippen LogP contribution in [0.5, 0.6) is 0 Å². The van der Waals surface area contributed by atoms with Crippen LogP contribution in [0.15, 0.2) is 0 Å². The maximum Gasteiger partial charge on any atom is 0.411 e. The fourth-order valence-corrected chi connectivity index (χ4v) is 4.36. The van der Waals surface area contributed by atoms with Gasteiger partial charge in [0.25, 0.3) is 0 Å². The van der Waals surface area contributed by atoms with E-state index in [2.05, 4.69) is 0 Å². The number of ether oxygens (including phenoxy) is 1. The van der Waals surface area contributed by atoms with Crippen molar-refractivity contribution >= 4 is 19.7 Å². The molecule has 114 valence electrons. The number of hydrogen-bond acceptors (Lipinski definition) is 3. The molecule has 1 rings (SSSR count). The molecule has 0 N–H and O–H groups in total. The molecule has 0 saturated heterocycles. The summed E-state index contributed by atoms with van der Waals surface area (Å²) in [5.74, 6) is -0.320. The van der Waals surface area contributed by atoms with E-state index in [9.17, 15) is 21.6 Å². The molecule has 0 atom stereocenters. The molecule has 1 aliphatic rings. The van der Waals surface area contributed by atoms with Gasteiger partial charge in [-0.3, -0.25) is 0 Å². The van der Waals surface area contributed by atoms with Gasteiger partial charge in [0.15, 0.2) is 0 Å². The monoisotopic (exact) mass is 322 g/mol. The molecule has 0 radical (unpaired) electrons. The Morgan fingerprint density at radius 3 is 2.05 bits per heavy atom. The van der Waals surface area contributed by atoms with E-state index in [-0.39, 0.29) is 12.4 Å². The average molecular weight is 323 g/mol. The minimum absolute atomic E-state index is 0.210. The van der Waals surface area contributed by atoms with Crippen LogP contribution >= 0.6 is 10.7 Å². The van der Waals surface area contributed by atoms with Gasteiger partial charge in [0.1, 0.15) is 6.61 Å². The lowest BCUT2D eigenvalue weighted by Gasteiger charge is -2.31. The van der Waals surface area contributed by atoms with Gasteiger partial charge in [-0.1, -0.05) is 25.7 Å². The highest BCUT2D eigenvalue weighted by Gasteiger charge is 2.37. The lowest BCUT2D eigenvalue weighted by Crippen LogP contribution is -2.34. The number of rotatable bonds is 5. The maximum absolute atomic E-state index is 12.1. The summed E-state index contributed by atoms with van der Waals surface area (Å²) in [6.07, 6.45) is 0.190. The van der Waals surface area contributed by atoms with Crippen LogP contribution in [0.4, 0.5) is 13.2 Å². The molecule has 19 heavy (non-hydrogen) atoms. The SMILES string of the molecule is O=S(=O)(Cl)CC1(COCC(F)(F)F)CCCCCC1. The predicted molar refractivity (Wildman–Crippen MR) is 66.6 cm³/mol. The first-order valence-corrected chi connectivity index (χ1v) is 8.67. The van der Waals surface area contributed by atoms with Gasteiger partial charge in [-0.15, -0.1) is 0 Å². The van der Waals surface area contributed by atoms with E-state index in [1.54, 1.807) is 0 Å². The van der Waals surface area contributed by atoms with Gasteiger partial charge in [0.2, 0.25) is 9.05 Å². The highest BCUT2D eigenvalue weighted by Crippen LogP contribution is 2.37. The topological polar surface area (TPSA) is 43.4 Å². The zero-order chi connectivity index (χ0) is 14.6. The molecular weight excluding hydrogens is 305 g/mol. The summed E-state index contributed by atoms with van der Waals surface area (Å²) in [5, 5.41) is 0. The Hall–Kier alpha value is -0.0100. The Balaban J connectivity index is 2.68. The number of hydrogen-bond donors (Lipinski definition) is 0. The molecule has 0 spiro atoms. The summed E-state index contributed by atoms with van der Waals surface area (Å²) >= 11 is 0. The van der Waals surface area contributed by atoms with Gasteiger partial charge in [-0.25, -0.2) is 8.42 Å². The van der Waals surface area contributed by atoms with Crippen LogP contribution in [0, 0.1) is 5.41 Å². The molecule has 8 heteroatoms. The Morgan fingerprint density at radius 1 is 1.11 bits per heavy atom. The molecule has 0 heterocycles. The minimum atomic E-state index is -4.40. The van der Waals surface area contributed by atoms with Crippen molar-refractivity contribution in [2.24, 2.45) is 5.41 Å². The minimum Gasteiger partial charge on any atom is -0.371 e. The van der Waals surface area contributed by atoms with E-state index in [4.69, 9.17) is 15.4 Å². The van der Waals surface area contributed by atoms with Crippen LogP contribution in [-0.2, 0) is 13.8 Å². The van der Waals surface area contributed by atoms with Crippen molar-refractivity contribution in [2.45, 2.75) is 44.7 Å². The van der Waals surface area contributed by atoms with Crippen LogP contribution in [-0.4, -0.2) is 33.6 Å². The maximum atomic E-state index is 12.1. The predicted octanol–water partition coefficient (Wildman–Crippen LogP) is 3.47. The number of alkyl halides is 3. The van der Waals surface area contributed by atoms with Gasteiger partial charge >= 0.3 is 6.18 Å². The van der Waals surface area contributed by atoms with Gasteiger partial charge in [0, 0.05) is 16.1 Å². The lowest BCUT2D eigenvalue weighted by molar-refractivity contribution is -0.180. The van der Waals surface area contributed by atoms with Gasteiger partial charge in [-0.2, -0.15) is 13.2 Å². The van der Waals surface area contributed by atoms with E-state index in [1.165, 1.54) is 0 Å². The van der Waals surface area contributed by atoms with E-state index >= 15 is 0 Å². The molecule has 1 aliphatic carbocycles. The van der Waals surface area contributed by atoms with E-state index < -0.39 is 27.2 Å². The first kappa shape index (κ1) is 17.0. The Labute approximate surface area is 115 Å². The summed E-state index contributed by atoms with van der Waals surface area (Å²) in [5.41, 5.74) is -0.775. The normalized spacial score (nSPS) is 21.1. The Morgan fingerprint density at radius 2 is 1.63 bits per heavy atom. The van der Waals surface area contributed by atoms with Crippen LogP contribution in [0.25, 0.3) is 0 Å². The molecule has 0 aromatic rings. The zero-order valence-corrected chi connectivity index (χ0v) is 12.1. The first-order chi connectivity index (χ1) is 8.62. The fourth-order valence-electron chi connectivity index (χ4n) is 2.56.